The first-order valence-electron chi connectivity index (χ1n) is 11.8. The lowest BCUT2D eigenvalue weighted by Crippen LogP contribution is -2.22. The molecule has 1 aliphatic carbocycles. The van der Waals surface area contributed by atoms with Gasteiger partial charge in [-0.3, -0.25) is 0 Å². The van der Waals surface area contributed by atoms with Gasteiger partial charge in [-0.1, -0.05) is 54.5 Å². The summed E-state index contributed by atoms with van der Waals surface area (Å²) >= 11 is 0. The Hall–Kier alpha value is -3.83. The summed E-state index contributed by atoms with van der Waals surface area (Å²) in [6.07, 6.45) is 3.86. The van der Waals surface area contributed by atoms with Crippen LogP contribution in [0.25, 0.3) is 21.7 Å². The van der Waals surface area contributed by atoms with E-state index in [0.717, 1.165) is 48.5 Å². The zero-order valence-corrected chi connectivity index (χ0v) is 20.1. The molecule has 3 aromatic carbocycles. The molecule has 8 heteroatoms. The van der Waals surface area contributed by atoms with Gasteiger partial charge in [-0.25, -0.2) is 18.1 Å². The van der Waals surface area contributed by atoms with Crippen molar-refractivity contribution in [2.45, 2.75) is 30.6 Å². The van der Waals surface area contributed by atoms with Crippen molar-refractivity contribution in [2.75, 3.05) is 17.6 Å². The van der Waals surface area contributed by atoms with Crippen LogP contribution in [0.5, 0.6) is 0 Å². The highest BCUT2D eigenvalue weighted by molar-refractivity contribution is 7.89. The van der Waals surface area contributed by atoms with Gasteiger partial charge in [0.05, 0.1) is 10.4 Å². The van der Waals surface area contributed by atoms with Crippen LogP contribution in [0.1, 0.15) is 25.7 Å². The number of fused-ring (bicyclic) bond motifs is 2. The van der Waals surface area contributed by atoms with Crippen molar-refractivity contribution in [3.63, 3.8) is 0 Å². The molecule has 4 N–H and O–H groups in total. The summed E-state index contributed by atoms with van der Waals surface area (Å²) in [5.74, 6) is 4.80. The number of hydrogen-bond acceptors (Lipinski definition) is 6. The SMILES string of the molecule is Nc1nc(NCC2CCC(C#CNS(=O)(=O)c3cccc4ccccc34)CC2)nc2ccccc12. The number of nitrogens with one attached hydrogen (secondary N) is 2. The number of nitrogens with zero attached hydrogens (tertiary/aromatic N) is 2. The standard InChI is InChI=1S/C27H27N5O2S/c28-26-23-9-3-4-10-24(23)31-27(32-26)29-18-20-14-12-19(13-15-20)16-17-30-35(33,34)25-11-5-7-21-6-1-2-8-22(21)25/h1-11,19-20,30H,12-15,18H2,(H3,28,29,31,32). The Morgan fingerprint density at radius 3 is 2.43 bits per heavy atom. The maximum atomic E-state index is 12.8. The average Bonchev–Trinajstić information content (AvgIpc) is 2.88. The summed E-state index contributed by atoms with van der Waals surface area (Å²) in [5, 5.41) is 5.75. The van der Waals surface area contributed by atoms with E-state index >= 15 is 0 Å². The van der Waals surface area contributed by atoms with Crippen LogP contribution in [0.15, 0.2) is 71.6 Å². The predicted molar refractivity (Wildman–Crippen MR) is 140 cm³/mol. The van der Waals surface area contributed by atoms with Gasteiger partial charge in [-0.05, 0) is 55.2 Å². The van der Waals surface area contributed by atoms with Gasteiger partial charge in [0, 0.05) is 29.3 Å². The molecular formula is C27H27N5O2S. The van der Waals surface area contributed by atoms with Gasteiger partial charge in [0.2, 0.25) is 5.95 Å². The zero-order chi connectivity index (χ0) is 24.3. The van der Waals surface area contributed by atoms with Gasteiger partial charge in [0.15, 0.2) is 0 Å². The topological polar surface area (TPSA) is 110 Å². The highest BCUT2D eigenvalue weighted by atomic mass is 32.2. The molecular weight excluding hydrogens is 458 g/mol. The molecule has 0 radical (unpaired) electrons. The van der Waals surface area contributed by atoms with Crippen molar-refractivity contribution in [1.29, 1.82) is 0 Å². The van der Waals surface area contributed by atoms with Gasteiger partial charge in [0.1, 0.15) is 5.82 Å². The largest absolute Gasteiger partial charge is 0.383 e. The fraction of sp³-hybridized carbons (Fsp3) is 0.259. The Kier molecular flexibility index (Phi) is 6.43. The first-order chi connectivity index (χ1) is 17.0. The summed E-state index contributed by atoms with van der Waals surface area (Å²) in [6, 6.07) is 23.1. The Morgan fingerprint density at radius 2 is 1.60 bits per heavy atom. The monoisotopic (exact) mass is 485 g/mol. The van der Waals surface area contributed by atoms with Crippen molar-refractivity contribution in [1.82, 2.24) is 14.7 Å². The minimum atomic E-state index is -3.71. The molecule has 0 bridgehead atoms. The molecule has 0 atom stereocenters. The lowest BCUT2D eigenvalue weighted by atomic mass is 9.82. The van der Waals surface area contributed by atoms with E-state index in [0.29, 0.717) is 23.1 Å². The summed E-state index contributed by atoms with van der Waals surface area (Å²) in [4.78, 5) is 9.18. The molecule has 1 heterocycles. The second kappa shape index (κ2) is 9.80. The lowest BCUT2D eigenvalue weighted by Gasteiger charge is -2.25. The van der Waals surface area contributed by atoms with Crippen molar-refractivity contribution >= 4 is 43.5 Å². The van der Waals surface area contributed by atoms with Crippen molar-refractivity contribution in [3.05, 3.63) is 66.7 Å². The highest BCUT2D eigenvalue weighted by Crippen LogP contribution is 2.29. The van der Waals surface area contributed by atoms with E-state index < -0.39 is 10.0 Å². The van der Waals surface area contributed by atoms with Crippen molar-refractivity contribution in [2.24, 2.45) is 11.8 Å². The number of para-hydroxylation sites is 1. The second-order valence-corrected chi connectivity index (χ2v) is 10.6. The van der Waals surface area contributed by atoms with Crippen LogP contribution < -0.4 is 15.8 Å². The van der Waals surface area contributed by atoms with Crippen LogP contribution in [0.3, 0.4) is 0 Å². The summed E-state index contributed by atoms with van der Waals surface area (Å²) in [5.41, 5.74) is 6.90. The molecule has 0 unspecified atom stereocenters. The van der Waals surface area contributed by atoms with Crippen LogP contribution in [0, 0.1) is 23.8 Å². The maximum Gasteiger partial charge on any atom is 0.269 e. The van der Waals surface area contributed by atoms with E-state index in [2.05, 4.69) is 32.0 Å². The number of nitrogens with two attached hydrogens (primary N) is 1. The molecule has 4 aromatic rings. The Labute approximate surface area is 205 Å². The number of anilines is 2. The van der Waals surface area contributed by atoms with Crippen LogP contribution in [0.4, 0.5) is 11.8 Å². The molecule has 7 nitrogen and oxygen atoms in total. The second-order valence-electron chi connectivity index (χ2n) is 8.90. The summed E-state index contributed by atoms with van der Waals surface area (Å²) < 4.78 is 28.1. The third kappa shape index (κ3) is 5.15. The normalized spacial score (nSPS) is 18.1. The smallest absolute Gasteiger partial charge is 0.269 e. The molecule has 178 valence electrons. The number of hydrogen-bond donors (Lipinski definition) is 3. The van der Waals surface area contributed by atoms with Crippen LogP contribution >= 0.6 is 0 Å². The zero-order valence-electron chi connectivity index (χ0n) is 19.2. The van der Waals surface area contributed by atoms with Gasteiger partial charge in [-0.2, -0.15) is 4.98 Å². The third-order valence-electron chi connectivity index (χ3n) is 6.53. The number of aromatic nitrogens is 2. The maximum absolute atomic E-state index is 12.8. The summed E-state index contributed by atoms with van der Waals surface area (Å²) in [6.45, 7) is 0.769. The summed E-state index contributed by atoms with van der Waals surface area (Å²) in [7, 11) is -3.71. The minimum absolute atomic E-state index is 0.175. The van der Waals surface area contributed by atoms with Gasteiger partial charge < -0.3 is 11.1 Å². The molecule has 1 aromatic heterocycles. The average molecular weight is 486 g/mol. The fourth-order valence-corrected chi connectivity index (χ4v) is 5.65. The molecule has 0 amide bonds. The van der Waals surface area contributed by atoms with E-state index in [9.17, 15) is 8.42 Å². The molecule has 5 rings (SSSR count). The van der Waals surface area contributed by atoms with E-state index in [1.807, 2.05) is 54.6 Å². The van der Waals surface area contributed by atoms with Crippen molar-refractivity contribution < 1.29 is 8.42 Å². The Balaban J connectivity index is 1.15. The molecule has 1 aliphatic rings. The molecule has 0 spiro atoms. The van der Waals surface area contributed by atoms with Gasteiger partial charge in [0.25, 0.3) is 10.0 Å². The lowest BCUT2D eigenvalue weighted by molar-refractivity contribution is 0.328. The number of nitrogen functional groups attached to an aromatic ring is 1. The third-order valence-corrected chi connectivity index (χ3v) is 7.83. The Morgan fingerprint density at radius 1 is 0.886 bits per heavy atom. The first-order valence-corrected chi connectivity index (χ1v) is 13.2. The minimum Gasteiger partial charge on any atom is -0.383 e. The molecule has 0 aliphatic heterocycles. The number of benzene rings is 3. The number of rotatable bonds is 5. The quantitative estimate of drug-likeness (QED) is 0.283. The van der Waals surface area contributed by atoms with Crippen molar-refractivity contribution in [3.8, 4) is 12.0 Å². The van der Waals surface area contributed by atoms with Gasteiger partial charge in [-0.15, -0.1) is 0 Å². The van der Waals surface area contributed by atoms with E-state index in [1.165, 1.54) is 0 Å². The fourth-order valence-electron chi connectivity index (χ4n) is 4.61. The highest BCUT2D eigenvalue weighted by Gasteiger charge is 2.21. The van der Waals surface area contributed by atoms with E-state index in [1.54, 1.807) is 12.1 Å². The van der Waals surface area contributed by atoms with Crippen LogP contribution in [-0.4, -0.2) is 24.9 Å². The predicted octanol–water partition coefficient (Wildman–Crippen LogP) is 4.52. The van der Waals surface area contributed by atoms with Crippen LogP contribution in [-0.2, 0) is 10.0 Å². The molecule has 0 saturated heterocycles. The number of sulfonamides is 1. The first kappa shape index (κ1) is 22.9. The molecule has 1 fully saturated rings. The van der Waals surface area contributed by atoms with Crippen LogP contribution in [0.2, 0.25) is 0 Å². The molecule has 35 heavy (non-hydrogen) atoms. The van der Waals surface area contributed by atoms with E-state index in [4.69, 9.17) is 5.73 Å². The Bertz CT molecular complexity index is 1530. The van der Waals surface area contributed by atoms with Gasteiger partial charge >= 0.3 is 0 Å². The molecule has 1 saturated carbocycles. The van der Waals surface area contributed by atoms with E-state index in [-0.39, 0.29) is 10.8 Å².